The number of halogens is 1. The summed E-state index contributed by atoms with van der Waals surface area (Å²) in [5.41, 5.74) is 0. The molecule has 15 heavy (non-hydrogen) atoms. The molecule has 0 amide bonds. The van der Waals surface area contributed by atoms with Gasteiger partial charge in [0.1, 0.15) is 5.82 Å². The highest BCUT2D eigenvalue weighted by molar-refractivity contribution is 7.91. The van der Waals surface area contributed by atoms with Crippen molar-refractivity contribution in [2.45, 2.75) is 17.9 Å². The van der Waals surface area contributed by atoms with E-state index >= 15 is 0 Å². The SMILES string of the molecule is CNC(C)CS(=O)(=O)c1cccc(F)c1. The van der Waals surface area contributed by atoms with Gasteiger partial charge in [-0.2, -0.15) is 0 Å². The van der Waals surface area contributed by atoms with E-state index in [1.165, 1.54) is 18.2 Å². The average Bonchev–Trinajstić information content (AvgIpc) is 2.17. The Hall–Kier alpha value is -0.940. The first-order valence-corrected chi connectivity index (χ1v) is 6.26. The molecular formula is C10H14FNO2S. The Morgan fingerprint density at radius 2 is 2.13 bits per heavy atom. The van der Waals surface area contributed by atoms with Gasteiger partial charge in [0.2, 0.25) is 0 Å². The van der Waals surface area contributed by atoms with E-state index in [2.05, 4.69) is 5.32 Å². The van der Waals surface area contributed by atoms with Crippen LogP contribution in [0.3, 0.4) is 0 Å². The molecule has 0 radical (unpaired) electrons. The van der Waals surface area contributed by atoms with Crippen LogP contribution in [0, 0.1) is 5.82 Å². The van der Waals surface area contributed by atoms with Gasteiger partial charge in [-0.05, 0) is 32.2 Å². The van der Waals surface area contributed by atoms with Crippen LogP contribution in [-0.4, -0.2) is 27.3 Å². The smallest absolute Gasteiger partial charge is 0.179 e. The lowest BCUT2D eigenvalue weighted by Gasteiger charge is -2.10. The molecule has 1 aromatic rings. The summed E-state index contributed by atoms with van der Waals surface area (Å²) in [5, 5.41) is 2.83. The summed E-state index contributed by atoms with van der Waals surface area (Å²) in [6.07, 6.45) is 0. The van der Waals surface area contributed by atoms with Gasteiger partial charge in [-0.1, -0.05) is 6.07 Å². The Balaban J connectivity index is 2.96. The van der Waals surface area contributed by atoms with Crippen LogP contribution >= 0.6 is 0 Å². The minimum atomic E-state index is -3.40. The van der Waals surface area contributed by atoms with Crippen molar-refractivity contribution < 1.29 is 12.8 Å². The maximum atomic E-state index is 12.8. The van der Waals surface area contributed by atoms with Crippen molar-refractivity contribution in [2.75, 3.05) is 12.8 Å². The van der Waals surface area contributed by atoms with Gasteiger partial charge >= 0.3 is 0 Å². The van der Waals surface area contributed by atoms with Crippen LogP contribution in [0.25, 0.3) is 0 Å². The molecule has 84 valence electrons. The third kappa shape index (κ3) is 3.28. The summed E-state index contributed by atoms with van der Waals surface area (Å²) in [5.74, 6) is -0.569. The zero-order valence-electron chi connectivity index (χ0n) is 8.70. The van der Waals surface area contributed by atoms with E-state index in [4.69, 9.17) is 0 Å². The van der Waals surface area contributed by atoms with Gasteiger partial charge in [-0.15, -0.1) is 0 Å². The molecule has 1 N–H and O–H groups in total. The lowest BCUT2D eigenvalue weighted by Crippen LogP contribution is -2.29. The van der Waals surface area contributed by atoms with Crippen LogP contribution in [0.1, 0.15) is 6.92 Å². The fourth-order valence-corrected chi connectivity index (χ4v) is 2.76. The van der Waals surface area contributed by atoms with E-state index < -0.39 is 15.7 Å². The third-order valence-corrected chi connectivity index (χ3v) is 4.03. The Morgan fingerprint density at radius 3 is 2.67 bits per heavy atom. The zero-order valence-corrected chi connectivity index (χ0v) is 9.51. The molecule has 0 aliphatic rings. The first-order valence-electron chi connectivity index (χ1n) is 4.61. The Morgan fingerprint density at radius 1 is 1.47 bits per heavy atom. The van der Waals surface area contributed by atoms with Crippen LogP contribution in [-0.2, 0) is 9.84 Å². The molecule has 1 atom stereocenters. The summed E-state index contributed by atoms with van der Waals surface area (Å²) in [6, 6.07) is 4.91. The van der Waals surface area contributed by atoms with Crippen LogP contribution in [0.15, 0.2) is 29.2 Å². The molecule has 0 saturated carbocycles. The molecule has 0 heterocycles. The van der Waals surface area contributed by atoms with E-state index in [0.29, 0.717) is 0 Å². The molecular weight excluding hydrogens is 217 g/mol. The average molecular weight is 231 g/mol. The van der Waals surface area contributed by atoms with Crippen LogP contribution in [0.4, 0.5) is 4.39 Å². The lowest BCUT2D eigenvalue weighted by atomic mass is 10.3. The molecule has 0 fully saturated rings. The maximum absolute atomic E-state index is 12.8. The fraction of sp³-hybridized carbons (Fsp3) is 0.400. The number of hydrogen-bond acceptors (Lipinski definition) is 3. The van der Waals surface area contributed by atoms with Crippen molar-refractivity contribution in [1.29, 1.82) is 0 Å². The van der Waals surface area contributed by atoms with Crippen LogP contribution < -0.4 is 5.32 Å². The van der Waals surface area contributed by atoms with Gasteiger partial charge in [0.25, 0.3) is 0 Å². The highest BCUT2D eigenvalue weighted by atomic mass is 32.2. The summed E-state index contributed by atoms with van der Waals surface area (Å²) >= 11 is 0. The molecule has 5 heteroatoms. The first-order chi connectivity index (χ1) is 6.95. The van der Waals surface area contributed by atoms with Crippen LogP contribution in [0.5, 0.6) is 0 Å². The van der Waals surface area contributed by atoms with Crippen molar-refractivity contribution in [3.8, 4) is 0 Å². The third-order valence-electron chi connectivity index (χ3n) is 2.12. The molecule has 0 bridgehead atoms. The second-order valence-electron chi connectivity index (χ2n) is 3.43. The minimum Gasteiger partial charge on any atom is -0.316 e. The molecule has 0 aliphatic carbocycles. The maximum Gasteiger partial charge on any atom is 0.179 e. The normalized spacial score (nSPS) is 13.8. The van der Waals surface area contributed by atoms with Gasteiger partial charge in [-0.3, -0.25) is 0 Å². The van der Waals surface area contributed by atoms with E-state index in [1.807, 2.05) is 0 Å². The predicted octanol–water partition coefficient (Wildman–Crippen LogP) is 1.21. The van der Waals surface area contributed by atoms with Gasteiger partial charge in [0, 0.05) is 6.04 Å². The number of sulfone groups is 1. The monoisotopic (exact) mass is 231 g/mol. The van der Waals surface area contributed by atoms with E-state index in [1.54, 1.807) is 14.0 Å². The lowest BCUT2D eigenvalue weighted by molar-refractivity contribution is 0.575. The van der Waals surface area contributed by atoms with E-state index in [0.717, 1.165) is 6.07 Å². The number of nitrogens with one attached hydrogen (secondary N) is 1. The molecule has 1 rings (SSSR count). The number of benzene rings is 1. The van der Waals surface area contributed by atoms with Crippen molar-refractivity contribution in [3.05, 3.63) is 30.1 Å². The van der Waals surface area contributed by atoms with Crippen molar-refractivity contribution >= 4 is 9.84 Å². The Bertz CT molecular complexity index is 431. The standard InChI is InChI=1S/C10H14FNO2S/c1-8(12-2)7-15(13,14)10-5-3-4-9(11)6-10/h3-6,8,12H,7H2,1-2H3. The highest BCUT2D eigenvalue weighted by Gasteiger charge is 2.17. The second kappa shape index (κ2) is 4.72. The van der Waals surface area contributed by atoms with E-state index in [9.17, 15) is 12.8 Å². The van der Waals surface area contributed by atoms with Crippen molar-refractivity contribution in [3.63, 3.8) is 0 Å². The topological polar surface area (TPSA) is 46.2 Å². The van der Waals surface area contributed by atoms with Crippen molar-refractivity contribution in [1.82, 2.24) is 5.32 Å². The fourth-order valence-electron chi connectivity index (χ4n) is 1.17. The molecule has 0 aromatic heterocycles. The number of rotatable bonds is 4. The molecule has 0 saturated heterocycles. The largest absolute Gasteiger partial charge is 0.316 e. The number of hydrogen-bond donors (Lipinski definition) is 1. The minimum absolute atomic E-state index is 0.0320. The molecule has 0 aliphatic heterocycles. The van der Waals surface area contributed by atoms with Gasteiger partial charge < -0.3 is 5.32 Å². The van der Waals surface area contributed by atoms with Crippen molar-refractivity contribution in [2.24, 2.45) is 0 Å². The highest BCUT2D eigenvalue weighted by Crippen LogP contribution is 2.13. The molecule has 1 aromatic carbocycles. The molecule has 0 spiro atoms. The van der Waals surface area contributed by atoms with Gasteiger partial charge in [0.15, 0.2) is 9.84 Å². The van der Waals surface area contributed by atoms with E-state index in [-0.39, 0.29) is 16.7 Å². The summed E-state index contributed by atoms with van der Waals surface area (Å²) < 4.78 is 36.3. The quantitative estimate of drug-likeness (QED) is 0.847. The van der Waals surface area contributed by atoms with Gasteiger partial charge in [0.05, 0.1) is 10.6 Å². The zero-order chi connectivity index (χ0) is 11.5. The summed E-state index contributed by atoms with van der Waals surface area (Å²) in [6.45, 7) is 1.76. The molecule has 3 nitrogen and oxygen atoms in total. The molecule has 1 unspecified atom stereocenters. The second-order valence-corrected chi connectivity index (χ2v) is 5.46. The summed E-state index contributed by atoms with van der Waals surface area (Å²) in [4.78, 5) is 0.0320. The van der Waals surface area contributed by atoms with Crippen LogP contribution in [0.2, 0.25) is 0 Å². The van der Waals surface area contributed by atoms with Gasteiger partial charge in [-0.25, -0.2) is 12.8 Å². The Kier molecular flexibility index (Phi) is 3.82. The predicted molar refractivity (Wildman–Crippen MR) is 57.0 cm³/mol. The Labute approximate surface area is 89.2 Å². The first kappa shape index (κ1) is 12.1. The summed E-state index contributed by atoms with van der Waals surface area (Å²) in [7, 11) is -1.71.